The molecule has 3 rings (SSSR count). The quantitative estimate of drug-likeness (QED) is 0.937. The number of hydrogen-bond acceptors (Lipinski definition) is 5. The van der Waals surface area contributed by atoms with E-state index in [1.807, 2.05) is 11.8 Å². The molecule has 0 radical (unpaired) electrons. The van der Waals surface area contributed by atoms with Crippen LogP contribution in [0.15, 0.2) is 30.6 Å². The number of aliphatic hydroxyl groups is 1. The van der Waals surface area contributed by atoms with E-state index in [2.05, 4.69) is 9.97 Å². The number of nitrogens with zero attached hydrogens (tertiary/aromatic N) is 3. The molecule has 122 valence electrons. The van der Waals surface area contributed by atoms with Gasteiger partial charge < -0.3 is 14.7 Å². The Morgan fingerprint density at radius 1 is 1.26 bits per heavy atom. The SMILES string of the molecule is CCOc1cc(N2C[C@H](O)C[C@H]2c2ccc(F)c(F)c2)ncn1. The van der Waals surface area contributed by atoms with Crippen molar-refractivity contribution >= 4 is 5.82 Å². The van der Waals surface area contributed by atoms with E-state index in [4.69, 9.17) is 4.74 Å². The molecule has 2 atom stereocenters. The fourth-order valence-corrected chi connectivity index (χ4v) is 2.82. The van der Waals surface area contributed by atoms with Crippen LogP contribution in [0, 0.1) is 11.6 Å². The van der Waals surface area contributed by atoms with Crippen LogP contribution in [0.1, 0.15) is 24.9 Å². The van der Waals surface area contributed by atoms with Gasteiger partial charge in [0.25, 0.3) is 0 Å². The Balaban J connectivity index is 1.93. The first-order valence-electron chi connectivity index (χ1n) is 7.43. The van der Waals surface area contributed by atoms with Gasteiger partial charge in [-0.05, 0) is 31.0 Å². The highest BCUT2D eigenvalue weighted by molar-refractivity contribution is 5.46. The van der Waals surface area contributed by atoms with Crippen LogP contribution < -0.4 is 9.64 Å². The molecule has 7 heteroatoms. The van der Waals surface area contributed by atoms with Crippen molar-refractivity contribution in [1.29, 1.82) is 0 Å². The summed E-state index contributed by atoms with van der Waals surface area (Å²) in [6, 6.07) is 5.17. The van der Waals surface area contributed by atoms with E-state index in [0.717, 1.165) is 12.1 Å². The molecule has 0 spiro atoms. The molecule has 0 amide bonds. The first kappa shape index (κ1) is 15.6. The Labute approximate surface area is 132 Å². The number of aliphatic hydroxyl groups excluding tert-OH is 1. The van der Waals surface area contributed by atoms with Gasteiger partial charge in [0, 0.05) is 12.6 Å². The molecule has 1 aromatic heterocycles. The normalized spacial score (nSPS) is 20.8. The molecule has 0 bridgehead atoms. The molecule has 5 nitrogen and oxygen atoms in total. The van der Waals surface area contributed by atoms with Gasteiger partial charge in [0.2, 0.25) is 5.88 Å². The van der Waals surface area contributed by atoms with Crippen molar-refractivity contribution < 1.29 is 18.6 Å². The summed E-state index contributed by atoms with van der Waals surface area (Å²) in [7, 11) is 0. The molecule has 1 aliphatic heterocycles. The number of anilines is 1. The lowest BCUT2D eigenvalue weighted by atomic mass is 10.0. The van der Waals surface area contributed by atoms with Crippen LogP contribution in [0.25, 0.3) is 0 Å². The summed E-state index contributed by atoms with van der Waals surface area (Å²) in [6.45, 7) is 2.68. The van der Waals surface area contributed by atoms with Gasteiger partial charge in [0.15, 0.2) is 11.6 Å². The second-order valence-electron chi connectivity index (χ2n) is 5.38. The smallest absolute Gasteiger partial charge is 0.218 e. The average Bonchev–Trinajstić information content (AvgIpc) is 2.93. The second kappa shape index (κ2) is 6.45. The minimum absolute atomic E-state index is 0.288. The molecule has 0 unspecified atom stereocenters. The Kier molecular flexibility index (Phi) is 4.38. The van der Waals surface area contributed by atoms with Crippen molar-refractivity contribution in [3.63, 3.8) is 0 Å². The van der Waals surface area contributed by atoms with E-state index in [1.54, 1.807) is 6.07 Å². The minimum Gasteiger partial charge on any atom is -0.478 e. The van der Waals surface area contributed by atoms with E-state index in [-0.39, 0.29) is 6.04 Å². The molecular weight excluding hydrogens is 304 g/mol. The number of benzene rings is 1. The lowest BCUT2D eigenvalue weighted by Gasteiger charge is -2.25. The molecule has 1 fully saturated rings. The summed E-state index contributed by atoms with van der Waals surface area (Å²) in [5.41, 5.74) is 0.594. The van der Waals surface area contributed by atoms with E-state index in [9.17, 15) is 13.9 Å². The number of halogens is 2. The fourth-order valence-electron chi connectivity index (χ4n) is 2.82. The van der Waals surface area contributed by atoms with Crippen molar-refractivity contribution in [1.82, 2.24) is 9.97 Å². The molecular formula is C16H17F2N3O2. The molecule has 23 heavy (non-hydrogen) atoms. The number of aromatic nitrogens is 2. The Morgan fingerprint density at radius 3 is 2.83 bits per heavy atom. The lowest BCUT2D eigenvalue weighted by Crippen LogP contribution is -2.25. The van der Waals surface area contributed by atoms with Crippen LogP contribution in [0.4, 0.5) is 14.6 Å². The van der Waals surface area contributed by atoms with Gasteiger partial charge in [-0.2, -0.15) is 0 Å². The third kappa shape index (κ3) is 3.24. The monoisotopic (exact) mass is 321 g/mol. The molecule has 1 aliphatic rings. The number of rotatable bonds is 4. The Bertz CT molecular complexity index is 699. The predicted molar refractivity (Wildman–Crippen MR) is 80.3 cm³/mol. The molecule has 0 saturated carbocycles. The topological polar surface area (TPSA) is 58.5 Å². The maximum absolute atomic E-state index is 13.5. The van der Waals surface area contributed by atoms with Crippen molar-refractivity contribution in [2.24, 2.45) is 0 Å². The van der Waals surface area contributed by atoms with Crippen LogP contribution in [0.3, 0.4) is 0 Å². The second-order valence-corrected chi connectivity index (χ2v) is 5.38. The number of hydrogen-bond donors (Lipinski definition) is 1. The summed E-state index contributed by atoms with van der Waals surface area (Å²) in [6.07, 6.45) is 1.23. The summed E-state index contributed by atoms with van der Waals surface area (Å²) < 4.78 is 32.0. The predicted octanol–water partition coefficient (Wildman–Crippen LogP) is 2.47. The van der Waals surface area contributed by atoms with Crippen molar-refractivity contribution in [2.75, 3.05) is 18.1 Å². The summed E-state index contributed by atoms with van der Waals surface area (Å²) in [5.74, 6) is -0.779. The Hall–Kier alpha value is -2.28. The highest BCUT2D eigenvalue weighted by atomic mass is 19.2. The zero-order valence-corrected chi connectivity index (χ0v) is 12.6. The number of ether oxygens (including phenoxy) is 1. The van der Waals surface area contributed by atoms with E-state index in [0.29, 0.717) is 36.8 Å². The minimum atomic E-state index is -0.901. The van der Waals surface area contributed by atoms with Gasteiger partial charge in [-0.1, -0.05) is 6.07 Å². The first-order chi connectivity index (χ1) is 11.1. The van der Waals surface area contributed by atoms with Gasteiger partial charge in [0.05, 0.1) is 18.8 Å². The van der Waals surface area contributed by atoms with Crippen LogP contribution in [0.2, 0.25) is 0 Å². The van der Waals surface area contributed by atoms with Gasteiger partial charge in [-0.25, -0.2) is 18.7 Å². The fraction of sp³-hybridized carbons (Fsp3) is 0.375. The standard InChI is InChI=1S/C16H17F2N3O2/c1-2-23-16-7-15(19-9-20-16)21-8-11(22)6-14(21)10-3-4-12(17)13(18)5-10/h3-5,7,9,11,14,22H,2,6,8H2,1H3/t11-,14+/m1/s1. The van der Waals surface area contributed by atoms with Crippen LogP contribution in [-0.2, 0) is 0 Å². The van der Waals surface area contributed by atoms with Crippen LogP contribution in [0.5, 0.6) is 5.88 Å². The van der Waals surface area contributed by atoms with E-state index < -0.39 is 17.7 Å². The molecule has 2 aromatic rings. The van der Waals surface area contributed by atoms with Gasteiger partial charge in [-0.3, -0.25) is 0 Å². The van der Waals surface area contributed by atoms with Crippen molar-refractivity contribution in [3.05, 3.63) is 47.8 Å². The zero-order chi connectivity index (χ0) is 16.4. The summed E-state index contributed by atoms with van der Waals surface area (Å²) in [4.78, 5) is 10.1. The maximum atomic E-state index is 13.5. The van der Waals surface area contributed by atoms with E-state index in [1.165, 1.54) is 12.4 Å². The van der Waals surface area contributed by atoms with Crippen molar-refractivity contribution in [2.45, 2.75) is 25.5 Å². The van der Waals surface area contributed by atoms with Crippen molar-refractivity contribution in [3.8, 4) is 5.88 Å². The number of β-amino-alcohol motifs (C(OH)–C–C–N with tert-alkyl or cyclic N) is 1. The maximum Gasteiger partial charge on any atom is 0.218 e. The lowest BCUT2D eigenvalue weighted by molar-refractivity contribution is 0.194. The van der Waals surface area contributed by atoms with Crippen LogP contribution >= 0.6 is 0 Å². The largest absolute Gasteiger partial charge is 0.478 e. The molecule has 1 N–H and O–H groups in total. The van der Waals surface area contributed by atoms with Crippen LogP contribution in [-0.4, -0.2) is 34.3 Å². The molecule has 1 saturated heterocycles. The molecule has 2 heterocycles. The molecule has 0 aliphatic carbocycles. The third-order valence-corrected chi connectivity index (χ3v) is 3.82. The first-order valence-corrected chi connectivity index (χ1v) is 7.43. The van der Waals surface area contributed by atoms with Gasteiger partial charge >= 0.3 is 0 Å². The van der Waals surface area contributed by atoms with Gasteiger partial charge in [0.1, 0.15) is 12.1 Å². The highest BCUT2D eigenvalue weighted by Gasteiger charge is 2.33. The summed E-state index contributed by atoms with van der Waals surface area (Å²) in [5, 5.41) is 10.0. The zero-order valence-electron chi connectivity index (χ0n) is 12.6. The third-order valence-electron chi connectivity index (χ3n) is 3.82. The summed E-state index contributed by atoms with van der Waals surface area (Å²) >= 11 is 0. The average molecular weight is 321 g/mol. The van der Waals surface area contributed by atoms with E-state index >= 15 is 0 Å². The highest BCUT2D eigenvalue weighted by Crippen LogP contribution is 2.36. The molecule has 1 aromatic carbocycles. The van der Waals surface area contributed by atoms with Gasteiger partial charge in [-0.15, -0.1) is 0 Å². The Morgan fingerprint density at radius 2 is 2.09 bits per heavy atom.